The average Bonchev–Trinajstić information content (AvgIpc) is 2.89. The van der Waals surface area contributed by atoms with Gasteiger partial charge in [0.25, 0.3) is 0 Å². The smallest absolute Gasteiger partial charge is 0.390 e. The Hall–Kier alpha value is -3.22. The van der Waals surface area contributed by atoms with E-state index in [-0.39, 0.29) is 30.2 Å². The summed E-state index contributed by atoms with van der Waals surface area (Å²) in [5, 5.41) is 13.5. The molecule has 1 aliphatic heterocycles. The molecule has 0 radical (unpaired) electrons. The molecule has 0 bridgehead atoms. The van der Waals surface area contributed by atoms with Crippen LogP contribution in [0.2, 0.25) is 0 Å². The van der Waals surface area contributed by atoms with E-state index in [1.165, 1.54) is 29.6 Å². The van der Waals surface area contributed by atoms with Crippen molar-refractivity contribution in [3.05, 3.63) is 66.5 Å². The lowest BCUT2D eigenvalue weighted by Gasteiger charge is -2.35. The van der Waals surface area contributed by atoms with Crippen LogP contribution in [0.4, 0.5) is 24.8 Å². The molecule has 0 amide bonds. The Bertz CT molecular complexity index is 1380. The molecule has 12 heteroatoms. The number of benzene rings is 1. The maximum atomic E-state index is 13.3. The summed E-state index contributed by atoms with van der Waals surface area (Å²) in [6.07, 6.45) is 0.805. The van der Waals surface area contributed by atoms with Crippen molar-refractivity contribution in [1.82, 2.24) is 14.3 Å². The highest BCUT2D eigenvalue weighted by molar-refractivity contribution is 7.89. The van der Waals surface area contributed by atoms with Gasteiger partial charge in [0.05, 0.1) is 22.6 Å². The standard InChI is InChI=1S/C27H30F3N5O3S/c1-34(21-3-2-4-21)26-12-7-19(15-32-26)18-5-9-22(10-6-18)39(37,38)35-14-13-23(24(36)17-35)33-25-11-8-20(16-31-25)27(28,29)30/h5-12,15-16,21,23-24,36H,2-4,13-14,17H2,1H3,(H,31,33)/t23-,24+/m1/s1. The van der Waals surface area contributed by atoms with Crippen molar-refractivity contribution in [3.63, 3.8) is 0 Å². The number of anilines is 2. The monoisotopic (exact) mass is 561 g/mol. The largest absolute Gasteiger partial charge is 0.417 e. The molecule has 2 N–H and O–H groups in total. The quantitative estimate of drug-likeness (QED) is 0.442. The number of pyridine rings is 2. The molecular formula is C27H30F3N5O3S. The van der Waals surface area contributed by atoms with Crippen LogP contribution in [0.3, 0.4) is 0 Å². The highest BCUT2D eigenvalue weighted by Gasteiger charge is 2.35. The van der Waals surface area contributed by atoms with Crippen LogP contribution in [0.1, 0.15) is 31.2 Å². The van der Waals surface area contributed by atoms with E-state index in [1.54, 1.807) is 30.5 Å². The Balaban J connectivity index is 1.21. The van der Waals surface area contributed by atoms with Gasteiger partial charge in [-0.25, -0.2) is 18.4 Å². The SMILES string of the molecule is CN(c1ccc(-c2ccc(S(=O)(=O)N3CC[C@@H](Nc4ccc(C(F)(F)F)cn4)[C@@H](O)C3)cc2)cn1)C1CCC1. The zero-order valence-corrected chi connectivity index (χ0v) is 22.2. The molecule has 2 atom stereocenters. The highest BCUT2D eigenvalue weighted by atomic mass is 32.2. The van der Waals surface area contributed by atoms with Crippen molar-refractivity contribution < 1.29 is 26.7 Å². The first-order chi connectivity index (χ1) is 18.5. The minimum Gasteiger partial charge on any atom is -0.390 e. The number of β-amino-alcohol motifs (C(OH)–C–C–N with tert-alkyl or cyclic N) is 1. The molecule has 1 saturated heterocycles. The summed E-state index contributed by atoms with van der Waals surface area (Å²) in [7, 11) is -1.81. The number of nitrogens with one attached hydrogen (secondary N) is 1. The number of nitrogens with zero attached hydrogens (tertiary/aromatic N) is 4. The molecule has 1 saturated carbocycles. The van der Waals surface area contributed by atoms with Crippen LogP contribution in [0, 0.1) is 0 Å². The number of aromatic nitrogens is 2. The van der Waals surface area contributed by atoms with E-state index < -0.39 is 33.9 Å². The van der Waals surface area contributed by atoms with Crippen LogP contribution in [-0.4, -0.2) is 66.1 Å². The fourth-order valence-electron chi connectivity index (χ4n) is 4.82. The molecule has 2 fully saturated rings. The van der Waals surface area contributed by atoms with E-state index in [0.717, 1.165) is 29.2 Å². The maximum Gasteiger partial charge on any atom is 0.417 e. The molecular weight excluding hydrogens is 531 g/mol. The van der Waals surface area contributed by atoms with Gasteiger partial charge in [0.2, 0.25) is 10.0 Å². The third-order valence-electron chi connectivity index (χ3n) is 7.53. The molecule has 3 aromatic rings. The molecule has 0 spiro atoms. The summed E-state index contributed by atoms with van der Waals surface area (Å²) in [6, 6.07) is 12.6. The third kappa shape index (κ3) is 5.87. The van der Waals surface area contributed by atoms with Crippen LogP contribution in [0.15, 0.2) is 65.8 Å². The first-order valence-corrected chi connectivity index (χ1v) is 14.2. The summed E-state index contributed by atoms with van der Waals surface area (Å²) in [5.74, 6) is 1.09. The maximum absolute atomic E-state index is 13.3. The van der Waals surface area contributed by atoms with Crippen molar-refractivity contribution in [2.75, 3.05) is 30.4 Å². The molecule has 2 aliphatic rings. The number of aliphatic hydroxyl groups is 1. The lowest BCUT2D eigenvalue weighted by atomic mass is 9.92. The zero-order valence-electron chi connectivity index (χ0n) is 21.3. The minimum atomic E-state index is -4.49. The molecule has 1 aliphatic carbocycles. The lowest BCUT2D eigenvalue weighted by molar-refractivity contribution is -0.137. The van der Waals surface area contributed by atoms with Crippen LogP contribution in [-0.2, 0) is 16.2 Å². The van der Waals surface area contributed by atoms with Crippen LogP contribution in [0.25, 0.3) is 11.1 Å². The number of rotatable bonds is 7. The number of piperidine rings is 1. The van der Waals surface area contributed by atoms with Gasteiger partial charge < -0.3 is 15.3 Å². The number of sulfonamides is 1. The summed E-state index contributed by atoms with van der Waals surface area (Å²) in [5.41, 5.74) is 0.848. The van der Waals surface area contributed by atoms with Gasteiger partial charge in [-0.1, -0.05) is 12.1 Å². The fraction of sp³-hybridized carbons (Fsp3) is 0.407. The molecule has 1 aromatic carbocycles. The Labute approximate surface area is 225 Å². The van der Waals surface area contributed by atoms with Crippen molar-refractivity contribution in [3.8, 4) is 11.1 Å². The predicted molar refractivity (Wildman–Crippen MR) is 142 cm³/mol. The fourth-order valence-corrected chi connectivity index (χ4v) is 6.29. The summed E-state index contributed by atoms with van der Waals surface area (Å²) < 4.78 is 66.0. The minimum absolute atomic E-state index is 0.114. The summed E-state index contributed by atoms with van der Waals surface area (Å²) in [6.45, 7) is -0.0123. The van der Waals surface area contributed by atoms with Gasteiger partial charge in [0.15, 0.2) is 0 Å². The zero-order chi connectivity index (χ0) is 27.8. The van der Waals surface area contributed by atoms with Crippen LogP contribution in [0.5, 0.6) is 0 Å². The average molecular weight is 562 g/mol. The highest BCUT2D eigenvalue weighted by Crippen LogP contribution is 2.31. The lowest BCUT2D eigenvalue weighted by Crippen LogP contribution is -2.51. The number of halogens is 3. The second kappa shape index (κ2) is 10.7. The molecule has 5 rings (SSSR count). The van der Waals surface area contributed by atoms with Gasteiger partial charge in [-0.05, 0) is 67.6 Å². The summed E-state index contributed by atoms with van der Waals surface area (Å²) in [4.78, 5) is 10.6. The first kappa shape index (κ1) is 27.4. The van der Waals surface area contributed by atoms with Crippen molar-refractivity contribution in [1.29, 1.82) is 0 Å². The first-order valence-electron chi connectivity index (χ1n) is 12.8. The molecule has 3 heterocycles. The number of alkyl halides is 3. The van der Waals surface area contributed by atoms with E-state index >= 15 is 0 Å². The molecule has 39 heavy (non-hydrogen) atoms. The van der Waals surface area contributed by atoms with E-state index in [0.29, 0.717) is 6.04 Å². The van der Waals surface area contributed by atoms with E-state index in [4.69, 9.17) is 0 Å². The van der Waals surface area contributed by atoms with Gasteiger partial charge in [-0.15, -0.1) is 0 Å². The number of hydrogen-bond donors (Lipinski definition) is 2. The van der Waals surface area contributed by atoms with Crippen LogP contribution < -0.4 is 10.2 Å². The Kier molecular flexibility index (Phi) is 7.53. The van der Waals surface area contributed by atoms with Gasteiger partial charge in [-0.3, -0.25) is 0 Å². The second-order valence-electron chi connectivity index (χ2n) is 10.0. The summed E-state index contributed by atoms with van der Waals surface area (Å²) >= 11 is 0. The molecule has 8 nitrogen and oxygen atoms in total. The van der Waals surface area contributed by atoms with E-state index in [1.807, 2.05) is 19.2 Å². The van der Waals surface area contributed by atoms with Crippen molar-refractivity contribution in [2.24, 2.45) is 0 Å². The number of aliphatic hydroxyl groups excluding tert-OH is 1. The van der Waals surface area contributed by atoms with Crippen LogP contribution >= 0.6 is 0 Å². The third-order valence-corrected chi connectivity index (χ3v) is 9.41. The van der Waals surface area contributed by atoms with Gasteiger partial charge >= 0.3 is 6.18 Å². The Morgan fingerprint density at radius 2 is 1.69 bits per heavy atom. The number of hydrogen-bond acceptors (Lipinski definition) is 7. The van der Waals surface area contributed by atoms with Gasteiger partial charge in [-0.2, -0.15) is 17.5 Å². The van der Waals surface area contributed by atoms with Gasteiger partial charge in [0, 0.05) is 44.1 Å². The molecule has 208 valence electrons. The van der Waals surface area contributed by atoms with E-state index in [2.05, 4.69) is 20.2 Å². The predicted octanol–water partition coefficient (Wildman–Crippen LogP) is 4.39. The molecule has 2 aromatic heterocycles. The Morgan fingerprint density at radius 1 is 0.974 bits per heavy atom. The topological polar surface area (TPSA) is 98.7 Å². The molecule has 0 unspecified atom stereocenters. The van der Waals surface area contributed by atoms with E-state index in [9.17, 15) is 26.7 Å². The van der Waals surface area contributed by atoms with Gasteiger partial charge in [0.1, 0.15) is 11.6 Å². The van der Waals surface area contributed by atoms with Crippen molar-refractivity contribution in [2.45, 2.75) is 54.9 Å². The Morgan fingerprint density at radius 3 is 2.23 bits per heavy atom. The van der Waals surface area contributed by atoms with Crippen molar-refractivity contribution >= 4 is 21.7 Å². The normalized spacial score (nSPS) is 20.8. The second-order valence-corrected chi connectivity index (χ2v) is 12.0.